The van der Waals surface area contributed by atoms with Crippen molar-refractivity contribution in [1.29, 1.82) is 0 Å². The Balaban J connectivity index is 4.66. The molecule has 19 heavy (non-hydrogen) atoms. The summed E-state index contributed by atoms with van der Waals surface area (Å²) in [6.45, 7) is 1.90. The number of hydrogen-bond acceptors (Lipinski definition) is 4. The first kappa shape index (κ1) is 16.8. The van der Waals surface area contributed by atoms with E-state index < -0.39 is 24.0 Å². The highest BCUT2D eigenvalue weighted by Crippen LogP contribution is 1.98. The summed E-state index contributed by atoms with van der Waals surface area (Å²) in [6.07, 6.45) is 5.52. The number of amides is 2. The van der Waals surface area contributed by atoms with Gasteiger partial charge in [0.2, 0.25) is 0 Å². The van der Waals surface area contributed by atoms with Crippen molar-refractivity contribution in [1.82, 2.24) is 10.2 Å². The SMILES string of the molecule is C#CCC(NC(=O)N(CCC)CC(=O)OC)C(=O)O. The lowest BCUT2D eigenvalue weighted by Crippen LogP contribution is -2.49. The number of esters is 1. The lowest BCUT2D eigenvalue weighted by molar-refractivity contribution is -0.141. The topological polar surface area (TPSA) is 95.9 Å². The summed E-state index contributed by atoms with van der Waals surface area (Å²) in [5.41, 5.74) is 0. The summed E-state index contributed by atoms with van der Waals surface area (Å²) < 4.78 is 4.47. The Morgan fingerprint density at radius 2 is 2.11 bits per heavy atom. The van der Waals surface area contributed by atoms with E-state index in [-0.39, 0.29) is 13.0 Å². The molecule has 0 aromatic carbocycles. The minimum Gasteiger partial charge on any atom is -0.480 e. The third-order valence-electron chi connectivity index (χ3n) is 2.25. The van der Waals surface area contributed by atoms with Gasteiger partial charge in [0.25, 0.3) is 0 Å². The van der Waals surface area contributed by atoms with E-state index in [1.54, 1.807) is 0 Å². The molecule has 2 N–H and O–H groups in total. The predicted molar refractivity (Wildman–Crippen MR) is 67.3 cm³/mol. The zero-order valence-corrected chi connectivity index (χ0v) is 11.0. The molecule has 0 aliphatic carbocycles. The number of methoxy groups -OCH3 is 1. The predicted octanol–water partition coefficient (Wildman–Crippen LogP) is 0.0575. The van der Waals surface area contributed by atoms with Crippen LogP contribution >= 0.6 is 0 Å². The molecule has 2 amide bonds. The van der Waals surface area contributed by atoms with Gasteiger partial charge in [-0.3, -0.25) is 4.79 Å². The molecule has 0 radical (unpaired) electrons. The number of carbonyl (C=O) groups is 3. The first-order valence-corrected chi connectivity index (χ1v) is 5.74. The van der Waals surface area contributed by atoms with E-state index in [9.17, 15) is 14.4 Å². The van der Waals surface area contributed by atoms with E-state index in [0.717, 1.165) is 0 Å². The molecule has 1 unspecified atom stereocenters. The first-order chi connectivity index (χ1) is 8.96. The summed E-state index contributed by atoms with van der Waals surface area (Å²) in [7, 11) is 1.21. The van der Waals surface area contributed by atoms with E-state index in [1.165, 1.54) is 12.0 Å². The second-order valence-electron chi connectivity index (χ2n) is 3.75. The van der Waals surface area contributed by atoms with E-state index in [1.807, 2.05) is 6.92 Å². The maximum atomic E-state index is 11.8. The summed E-state index contributed by atoms with van der Waals surface area (Å²) in [4.78, 5) is 35.0. The average molecular weight is 270 g/mol. The van der Waals surface area contributed by atoms with Gasteiger partial charge in [-0.2, -0.15) is 0 Å². The number of nitrogens with zero attached hydrogens (tertiary/aromatic N) is 1. The number of ether oxygens (including phenoxy) is 1. The molecule has 0 saturated carbocycles. The van der Waals surface area contributed by atoms with Gasteiger partial charge in [-0.05, 0) is 6.42 Å². The molecule has 0 heterocycles. The second-order valence-corrected chi connectivity index (χ2v) is 3.75. The van der Waals surface area contributed by atoms with Crippen molar-refractivity contribution in [3.05, 3.63) is 0 Å². The largest absolute Gasteiger partial charge is 0.480 e. The number of terminal acetylenes is 1. The quantitative estimate of drug-likeness (QED) is 0.503. The number of carbonyl (C=O) groups excluding carboxylic acids is 2. The van der Waals surface area contributed by atoms with E-state index >= 15 is 0 Å². The standard InChI is InChI=1S/C12H18N2O5/c1-4-6-9(11(16)17)13-12(18)14(7-5-2)8-10(15)19-3/h1,9H,5-8H2,2-3H3,(H,13,18)(H,16,17). The summed E-state index contributed by atoms with van der Waals surface area (Å²) in [6, 6.07) is -1.83. The van der Waals surface area contributed by atoms with Crippen LogP contribution in [-0.4, -0.2) is 54.2 Å². The fraction of sp³-hybridized carbons (Fsp3) is 0.583. The smallest absolute Gasteiger partial charge is 0.327 e. The van der Waals surface area contributed by atoms with E-state index in [0.29, 0.717) is 13.0 Å². The molecular formula is C12H18N2O5. The van der Waals surface area contributed by atoms with Gasteiger partial charge in [0.15, 0.2) is 0 Å². The van der Waals surface area contributed by atoms with Crippen molar-refractivity contribution in [2.24, 2.45) is 0 Å². The van der Waals surface area contributed by atoms with Gasteiger partial charge in [-0.1, -0.05) is 6.92 Å². The van der Waals surface area contributed by atoms with Crippen molar-refractivity contribution >= 4 is 18.0 Å². The van der Waals surface area contributed by atoms with Gasteiger partial charge in [0, 0.05) is 13.0 Å². The summed E-state index contributed by atoms with van der Waals surface area (Å²) >= 11 is 0. The molecule has 1 atom stereocenters. The number of hydrogen-bond donors (Lipinski definition) is 2. The fourth-order valence-electron chi connectivity index (χ4n) is 1.30. The van der Waals surface area contributed by atoms with Crippen LogP contribution in [0.15, 0.2) is 0 Å². The maximum Gasteiger partial charge on any atom is 0.327 e. The monoisotopic (exact) mass is 270 g/mol. The lowest BCUT2D eigenvalue weighted by Gasteiger charge is -2.23. The van der Waals surface area contributed by atoms with Crippen LogP contribution in [0.5, 0.6) is 0 Å². The lowest BCUT2D eigenvalue weighted by atomic mass is 10.2. The van der Waals surface area contributed by atoms with Crippen molar-refractivity contribution in [2.75, 3.05) is 20.2 Å². The van der Waals surface area contributed by atoms with Gasteiger partial charge in [-0.25, -0.2) is 9.59 Å². The van der Waals surface area contributed by atoms with Crippen molar-refractivity contribution < 1.29 is 24.2 Å². The Morgan fingerprint density at radius 3 is 2.53 bits per heavy atom. The van der Waals surface area contributed by atoms with Crippen LogP contribution in [0.2, 0.25) is 0 Å². The number of rotatable bonds is 7. The summed E-state index contributed by atoms with van der Waals surface area (Å²) in [5, 5.41) is 11.1. The molecule has 0 rings (SSSR count). The Morgan fingerprint density at radius 1 is 1.47 bits per heavy atom. The number of urea groups is 1. The molecule has 0 bridgehead atoms. The summed E-state index contributed by atoms with van der Waals surface area (Å²) in [5.74, 6) is 0.374. The highest BCUT2D eigenvalue weighted by atomic mass is 16.5. The number of carboxylic acid groups (broad SMARTS) is 1. The number of nitrogens with one attached hydrogen (secondary N) is 1. The molecule has 0 fully saturated rings. The molecule has 0 aromatic heterocycles. The Hall–Kier alpha value is -2.23. The first-order valence-electron chi connectivity index (χ1n) is 5.74. The normalized spacial score (nSPS) is 11.0. The van der Waals surface area contributed by atoms with Gasteiger partial charge >= 0.3 is 18.0 Å². The van der Waals surface area contributed by atoms with Crippen molar-refractivity contribution in [2.45, 2.75) is 25.8 Å². The Bertz CT molecular complexity index is 375. The van der Waals surface area contributed by atoms with E-state index in [4.69, 9.17) is 11.5 Å². The highest BCUT2D eigenvalue weighted by molar-refractivity contribution is 5.85. The second kappa shape index (κ2) is 8.80. The number of carboxylic acids is 1. The average Bonchev–Trinajstić information content (AvgIpc) is 2.37. The van der Waals surface area contributed by atoms with Gasteiger partial charge in [0.1, 0.15) is 12.6 Å². The molecule has 0 aliphatic rings. The van der Waals surface area contributed by atoms with Gasteiger partial charge in [0.05, 0.1) is 7.11 Å². The van der Waals surface area contributed by atoms with Crippen LogP contribution in [-0.2, 0) is 14.3 Å². The van der Waals surface area contributed by atoms with Crippen LogP contribution in [0, 0.1) is 12.3 Å². The molecule has 0 aromatic rings. The molecule has 0 saturated heterocycles. The van der Waals surface area contributed by atoms with Crippen LogP contribution in [0.4, 0.5) is 4.79 Å². The van der Waals surface area contributed by atoms with Crippen LogP contribution in [0.1, 0.15) is 19.8 Å². The minimum absolute atomic E-state index is 0.126. The zero-order chi connectivity index (χ0) is 14.8. The molecule has 0 aliphatic heterocycles. The third kappa shape index (κ3) is 6.31. The van der Waals surface area contributed by atoms with Gasteiger partial charge in [-0.15, -0.1) is 12.3 Å². The van der Waals surface area contributed by atoms with Crippen molar-refractivity contribution in [3.63, 3.8) is 0 Å². The Labute approximate surface area is 111 Å². The minimum atomic E-state index is -1.22. The van der Waals surface area contributed by atoms with Crippen LogP contribution in [0.25, 0.3) is 0 Å². The van der Waals surface area contributed by atoms with Crippen molar-refractivity contribution in [3.8, 4) is 12.3 Å². The van der Waals surface area contributed by atoms with Crippen LogP contribution < -0.4 is 5.32 Å². The zero-order valence-electron chi connectivity index (χ0n) is 11.0. The Kier molecular flexibility index (Phi) is 7.77. The van der Waals surface area contributed by atoms with E-state index in [2.05, 4.69) is 16.0 Å². The third-order valence-corrected chi connectivity index (χ3v) is 2.25. The maximum absolute atomic E-state index is 11.8. The molecular weight excluding hydrogens is 252 g/mol. The van der Waals surface area contributed by atoms with Crippen LogP contribution in [0.3, 0.4) is 0 Å². The highest BCUT2D eigenvalue weighted by Gasteiger charge is 2.23. The molecule has 7 nitrogen and oxygen atoms in total. The molecule has 106 valence electrons. The van der Waals surface area contributed by atoms with Gasteiger partial charge < -0.3 is 20.1 Å². The fourth-order valence-corrected chi connectivity index (χ4v) is 1.30. The molecule has 0 spiro atoms. The molecule has 7 heteroatoms. The number of aliphatic carboxylic acids is 1.